The van der Waals surface area contributed by atoms with E-state index in [-0.39, 0.29) is 151 Å². The van der Waals surface area contributed by atoms with Crippen molar-refractivity contribution in [3.8, 4) is 0 Å². The molecule has 0 atom stereocenters. The molecule has 0 rings (SSSR count). The van der Waals surface area contributed by atoms with Crippen molar-refractivity contribution in [3.05, 3.63) is 0 Å². The predicted molar refractivity (Wildman–Crippen MR) is 130 cm³/mol. The number of hydrogen-bond donors (Lipinski definition) is 18. The van der Waals surface area contributed by atoms with Gasteiger partial charge in [-0.15, -0.1) is 0 Å². The standard InChI is InChI=1S/9CH2O3.4Ca.8H/c9*2-1(3)4;;;;;;;;;;;;/h9*(H2,2,3,4);;;;;;;;;;;;. The second-order valence-corrected chi connectivity index (χ2v) is 2.54. The molecular weight excluding hydrogens is 700 g/mol. The van der Waals surface area contributed by atoms with Gasteiger partial charge in [0.05, 0.1) is 0 Å². The maximum atomic E-state index is 8.56. The van der Waals surface area contributed by atoms with Crippen LogP contribution in [-0.2, 0) is 0 Å². The van der Waals surface area contributed by atoms with Crippen molar-refractivity contribution in [3.63, 3.8) is 0 Å². The molecule has 0 heterocycles. The van der Waals surface area contributed by atoms with Crippen molar-refractivity contribution in [1.82, 2.24) is 0 Å². The molecule has 18 N–H and O–H groups in total. The van der Waals surface area contributed by atoms with Crippen LogP contribution in [0, 0.1) is 0 Å². The Kier molecular flexibility index (Phi) is 160. The topological polar surface area (TPSA) is 518 Å². The van der Waals surface area contributed by atoms with Crippen molar-refractivity contribution in [2.24, 2.45) is 0 Å². The summed E-state index contributed by atoms with van der Waals surface area (Å²) in [6.45, 7) is 0. The van der Waals surface area contributed by atoms with Gasteiger partial charge in [-0.25, -0.2) is 43.2 Å². The summed E-state index contributed by atoms with van der Waals surface area (Å²) in [5, 5.41) is 126. The minimum absolute atomic E-state index is 0. The first-order valence-electron chi connectivity index (χ1n) is 5.86. The molecule has 0 saturated heterocycles. The van der Waals surface area contributed by atoms with E-state index in [0.29, 0.717) is 0 Å². The van der Waals surface area contributed by atoms with Gasteiger partial charge in [0.25, 0.3) is 0 Å². The SMILES string of the molecule is O=C(O)O.O=C(O)O.O=C(O)O.O=C(O)O.O=C(O)O.O=C(O)O.O=C(O)O.O=C(O)O.O=C(O)O.[CaH2].[CaH2].[CaH2].[CaH2]. The van der Waals surface area contributed by atoms with Crippen LogP contribution in [0.5, 0.6) is 0 Å². The number of carbonyl (C=O) groups is 9. The van der Waals surface area contributed by atoms with Gasteiger partial charge in [0.2, 0.25) is 0 Å². The first-order valence-corrected chi connectivity index (χ1v) is 5.86. The van der Waals surface area contributed by atoms with Crippen LogP contribution in [0.1, 0.15) is 0 Å². The second-order valence-electron chi connectivity index (χ2n) is 2.54. The van der Waals surface area contributed by atoms with Crippen LogP contribution in [0.4, 0.5) is 43.2 Å². The zero-order valence-corrected chi connectivity index (χ0v) is 16.2. The fraction of sp³-hybridized carbons (Fsp3) is 0. The number of carboxylic acid groups (broad SMARTS) is 18. The Hall–Kier alpha value is -1.53. The summed E-state index contributed by atoms with van der Waals surface area (Å²) in [5.74, 6) is 0. The first-order chi connectivity index (χ1) is 15.6. The molecule has 0 unspecified atom stereocenters. The molecule has 0 aromatic carbocycles. The molecule has 0 aromatic rings. The minimum atomic E-state index is -1.83. The summed E-state index contributed by atoms with van der Waals surface area (Å²) in [6, 6.07) is 0. The van der Waals surface area contributed by atoms with Gasteiger partial charge in [-0.05, 0) is 0 Å². The van der Waals surface area contributed by atoms with E-state index in [1.54, 1.807) is 0 Å². The van der Waals surface area contributed by atoms with Crippen LogP contribution in [0.2, 0.25) is 0 Å². The molecular formula is C9H26Ca4O27. The van der Waals surface area contributed by atoms with E-state index in [4.69, 9.17) is 135 Å². The fourth-order valence-corrected chi connectivity index (χ4v) is 0. The monoisotopic (exact) mass is 726 g/mol. The normalized spacial score (nSPS) is 5.40. The van der Waals surface area contributed by atoms with Crippen LogP contribution in [0.3, 0.4) is 0 Å². The number of rotatable bonds is 0. The summed E-state index contributed by atoms with van der Waals surface area (Å²) in [6.07, 6.45) is -16.5. The van der Waals surface area contributed by atoms with E-state index >= 15 is 0 Å². The van der Waals surface area contributed by atoms with Crippen LogP contribution in [0.25, 0.3) is 0 Å². The van der Waals surface area contributed by atoms with Crippen molar-refractivity contribution < 1.29 is 135 Å². The molecule has 0 spiro atoms. The number of hydrogen-bond acceptors (Lipinski definition) is 9. The zero-order chi connectivity index (χ0) is 32.2. The molecule has 232 valence electrons. The summed E-state index contributed by atoms with van der Waals surface area (Å²) < 4.78 is 0. The van der Waals surface area contributed by atoms with E-state index in [9.17, 15) is 0 Å². The molecule has 0 radical (unpaired) electrons. The summed E-state index contributed by atoms with van der Waals surface area (Å²) in [4.78, 5) is 77.0. The fourth-order valence-electron chi connectivity index (χ4n) is 0. The summed E-state index contributed by atoms with van der Waals surface area (Å²) in [7, 11) is 0. The van der Waals surface area contributed by atoms with Gasteiger partial charge in [0.15, 0.2) is 0 Å². The van der Waals surface area contributed by atoms with Gasteiger partial charge in [-0.3, -0.25) is 0 Å². The van der Waals surface area contributed by atoms with E-state index in [1.807, 2.05) is 0 Å². The van der Waals surface area contributed by atoms with Crippen LogP contribution >= 0.6 is 0 Å². The molecule has 40 heavy (non-hydrogen) atoms. The Balaban J connectivity index is -0.0000000184. The Labute approximate surface area is 336 Å². The average Bonchev–Trinajstić information content (AvgIpc) is 2.39. The molecule has 0 aliphatic rings. The Morgan fingerprint density at radius 3 is 0.175 bits per heavy atom. The van der Waals surface area contributed by atoms with Gasteiger partial charge in [0, 0.05) is 0 Å². The van der Waals surface area contributed by atoms with Crippen molar-refractivity contribution in [2.45, 2.75) is 0 Å². The summed E-state index contributed by atoms with van der Waals surface area (Å²) >= 11 is 0. The molecule has 0 fully saturated rings. The van der Waals surface area contributed by atoms with Gasteiger partial charge >= 0.3 is 206 Å². The summed E-state index contributed by atoms with van der Waals surface area (Å²) in [5.41, 5.74) is 0. The maximum absolute atomic E-state index is 8.56. The van der Waals surface area contributed by atoms with Crippen molar-refractivity contribution in [2.75, 3.05) is 0 Å². The molecule has 0 aliphatic carbocycles. The molecule has 0 bridgehead atoms. The first kappa shape index (κ1) is 83.3. The average molecular weight is 727 g/mol. The molecule has 0 saturated carbocycles. The van der Waals surface area contributed by atoms with Crippen LogP contribution < -0.4 is 0 Å². The van der Waals surface area contributed by atoms with Crippen LogP contribution in [-0.4, -0.2) is 298 Å². The van der Waals surface area contributed by atoms with E-state index < -0.39 is 55.4 Å². The van der Waals surface area contributed by atoms with Gasteiger partial charge in [-0.1, -0.05) is 0 Å². The molecule has 0 aliphatic heterocycles. The van der Waals surface area contributed by atoms with Gasteiger partial charge < -0.3 is 91.9 Å². The van der Waals surface area contributed by atoms with E-state index in [2.05, 4.69) is 0 Å². The van der Waals surface area contributed by atoms with Crippen molar-refractivity contribution >= 4 is 206 Å². The van der Waals surface area contributed by atoms with Crippen LogP contribution in [0.15, 0.2) is 0 Å². The zero-order valence-electron chi connectivity index (χ0n) is 16.2. The third kappa shape index (κ3) is 19600. The van der Waals surface area contributed by atoms with E-state index in [0.717, 1.165) is 0 Å². The molecule has 0 amide bonds. The van der Waals surface area contributed by atoms with Crippen molar-refractivity contribution in [1.29, 1.82) is 0 Å². The predicted octanol–water partition coefficient (Wildman–Crippen LogP) is -1.66. The second kappa shape index (κ2) is 76.8. The molecule has 31 heteroatoms. The Bertz CT molecular complexity index is 426. The Morgan fingerprint density at radius 1 is 0.175 bits per heavy atom. The quantitative estimate of drug-likeness (QED) is 0.124. The molecule has 0 aromatic heterocycles. The van der Waals surface area contributed by atoms with E-state index in [1.165, 1.54) is 0 Å². The van der Waals surface area contributed by atoms with Gasteiger partial charge in [0.1, 0.15) is 0 Å². The third-order valence-corrected chi connectivity index (χ3v) is 0. The third-order valence-electron chi connectivity index (χ3n) is 0. The Morgan fingerprint density at radius 2 is 0.175 bits per heavy atom. The molecule has 27 nitrogen and oxygen atoms in total. The van der Waals surface area contributed by atoms with Gasteiger partial charge in [-0.2, -0.15) is 0 Å².